The van der Waals surface area contributed by atoms with E-state index in [4.69, 9.17) is 11.6 Å². The molecule has 0 fully saturated rings. The van der Waals surface area contributed by atoms with Crippen LogP contribution < -0.4 is 0 Å². The molecule has 0 unspecified atom stereocenters. The van der Waals surface area contributed by atoms with E-state index in [1.165, 1.54) is 5.56 Å². The first kappa shape index (κ1) is 13.0. The molecule has 0 saturated heterocycles. The third-order valence-corrected chi connectivity index (χ3v) is 3.79. The maximum atomic E-state index is 5.97. The minimum absolute atomic E-state index is 0.452. The predicted octanol–water partition coefficient (Wildman–Crippen LogP) is 3.11. The molecular formula is C13H17ClN4. The molecule has 5 heteroatoms. The van der Waals surface area contributed by atoms with Crippen LogP contribution in [-0.4, -0.2) is 20.0 Å². The van der Waals surface area contributed by atoms with Crippen LogP contribution in [0.3, 0.4) is 0 Å². The lowest BCUT2D eigenvalue weighted by molar-refractivity contribution is 0.769. The molecule has 0 spiro atoms. The van der Waals surface area contributed by atoms with Gasteiger partial charge in [-0.05, 0) is 45.2 Å². The second kappa shape index (κ2) is 4.69. The Morgan fingerprint density at radius 1 is 1.06 bits per heavy atom. The zero-order valence-corrected chi connectivity index (χ0v) is 12.1. The highest BCUT2D eigenvalue weighted by Gasteiger charge is 2.16. The van der Waals surface area contributed by atoms with Crippen molar-refractivity contribution >= 4 is 11.6 Å². The SMILES string of the molecule is CCc1c(C)nn(-c2nnc(Cl)c(C)c2C)c1C. The molecule has 0 aromatic carbocycles. The van der Waals surface area contributed by atoms with Crippen LogP contribution in [-0.2, 0) is 6.42 Å². The van der Waals surface area contributed by atoms with Crippen LogP contribution in [0.25, 0.3) is 5.82 Å². The van der Waals surface area contributed by atoms with Crippen molar-refractivity contribution in [3.8, 4) is 5.82 Å². The van der Waals surface area contributed by atoms with E-state index in [9.17, 15) is 0 Å². The number of rotatable bonds is 2. The average Bonchev–Trinajstić information content (AvgIpc) is 2.62. The average molecular weight is 265 g/mol. The second-order valence-electron chi connectivity index (χ2n) is 4.48. The summed E-state index contributed by atoms with van der Waals surface area (Å²) in [6.45, 7) is 10.2. The van der Waals surface area contributed by atoms with Gasteiger partial charge in [-0.1, -0.05) is 18.5 Å². The summed E-state index contributed by atoms with van der Waals surface area (Å²) in [5.41, 5.74) is 5.40. The topological polar surface area (TPSA) is 43.6 Å². The van der Waals surface area contributed by atoms with Gasteiger partial charge in [-0.3, -0.25) is 0 Å². The molecule has 0 amide bonds. The minimum Gasteiger partial charge on any atom is -0.217 e. The highest BCUT2D eigenvalue weighted by atomic mass is 35.5. The van der Waals surface area contributed by atoms with Gasteiger partial charge in [0.05, 0.1) is 5.69 Å². The summed E-state index contributed by atoms with van der Waals surface area (Å²) < 4.78 is 1.86. The Labute approximate surface area is 112 Å². The third kappa shape index (κ3) is 1.90. The molecule has 0 aliphatic rings. The molecule has 2 aromatic rings. The Bertz CT molecular complexity index is 602. The van der Waals surface area contributed by atoms with E-state index in [0.717, 1.165) is 34.8 Å². The van der Waals surface area contributed by atoms with Gasteiger partial charge in [0, 0.05) is 11.3 Å². The van der Waals surface area contributed by atoms with Crippen LogP contribution in [0.15, 0.2) is 0 Å². The fourth-order valence-electron chi connectivity index (χ4n) is 2.16. The maximum Gasteiger partial charge on any atom is 0.179 e. The van der Waals surface area contributed by atoms with E-state index in [0.29, 0.717) is 5.15 Å². The summed E-state index contributed by atoms with van der Waals surface area (Å²) in [6.07, 6.45) is 0.969. The van der Waals surface area contributed by atoms with Crippen molar-refractivity contribution in [2.75, 3.05) is 0 Å². The van der Waals surface area contributed by atoms with Crippen molar-refractivity contribution in [1.29, 1.82) is 0 Å². The van der Waals surface area contributed by atoms with E-state index < -0.39 is 0 Å². The van der Waals surface area contributed by atoms with Crippen LogP contribution in [0, 0.1) is 27.7 Å². The van der Waals surface area contributed by atoms with Crippen LogP contribution >= 0.6 is 11.6 Å². The van der Waals surface area contributed by atoms with Gasteiger partial charge in [-0.2, -0.15) is 5.10 Å². The molecule has 0 N–H and O–H groups in total. The molecule has 2 aromatic heterocycles. The Balaban J connectivity index is 2.67. The van der Waals surface area contributed by atoms with Crippen LogP contribution in [0.2, 0.25) is 5.15 Å². The summed E-state index contributed by atoms with van der Waals surface area (Å²) in [5, 5.41) is 13.2. The van der Waals surface area contributed by atoms with E-state index >= 15 is 0 Å². The van der Waals surface area contributed by atoms with Gasteiger partial charge >= 0.3 is 0 Å². The van der Waals surface area contributed by atoms with Crippen molar-refractivity contribution in [3.63, 3.8) is 0 Å². The van der Waals surface area contributed by atoms with Gasteiger partial charge in [0.1, 0.15) is 0 Å². The molecule has 0 atom stereocenters. The van der Waals surface area contributed by atoms with Gasteiger partial charge < -0.3 is 0 Å². The first-order valence-corrected chi connectivity index (χ1v) is 6.40. The van der Waals surface area contributed by atoms with E-state index in [1.54, 1.807) is 0 Å². The molecule has 96 valence electrons. The Morgan fingerprint density at radius 2 is 1.72 bits per heavy atom. The standard InChI is InChI=1S/C13H17ClN4/c1-6-11-9(4)17-18(10(11)5)13-8(3)7(2)12(14)15-16-13/h6H2,1-5H3. The number of hydrogen-bond acceptors (Lipinski definition) is 3. The number of nitrogens with zero attached hydrogens (tertiary/aromatic N) is 4. The second-order valence-corrected chi connectivity index (χ2v) is 4.84. The number of halogens is 1. The molecule has 2 rings (SSSR count). The van der Waals surface area contributed by atoms with Crippen molar-refractivity contribution in [2.24, 2.45) is 0 Å². The zero-order valence-electron chi connectivity index (χ0n) is 11.4. The summed E-state index contributed by atoms with van der Waals surface area (Å²) in [5.74, 6) is 0.761. The number of aromatic nitrogens is 4. The maximum absolute atomic E-state index is 5.97. The molecule has 0 radical (unpaired) electrons. The third-order valence-electron chi connectivity index (χ3n) is 3.44. The van der Waals surface area contributed by atoms with Crippen molar-refractivity contribution in [3.05, 3.63) is 33.2 Å². The lowest BCUT2D eigenvalue weighted by Crippen LogP contribution is -2.08. The smallest absolute Gasteiger partial charge is 0.179 e. The molecule has 0 aliphatic carbocycles. The highest BCUT2D eigenvalue weighted by molar-refractivity contribution is 6.30. The quantitative estimate of drug-likeness (QED) is 0.837. The molecule has 0 aliphatic heterocycles. The van der Waals surface area contributed by atoms with E-state index in [2.05, 4.69) is 29.1 Å². The molecule has 0 saturated carbocycles. The molecule has 2 heterocycles. The Morgan fingerprint density at radius 3 is 2.28 bits per heavy atom. The number of hydrogen-bond donors (Lipinski definition) is 0. The van der Waals surface area contributed by atoms with Gasteiger partial charge in [0.25, 0.3) is 0 Å². The van der Waals surface area contributed by atoms with Gasteiger partial charge in [0.2, 0.25) is 0 Å². The fraction of sp³-hybridized carbons (Fsp3) is 0.462. The Hall–Kier alpha value is -1.42. The largest absolute Gasteiger partial charge is 0.217 e. The Kier molecular flexibility index (Phi) is 3.39. The van der Waals surface area contributed by atoms with Crippen LogP contribution in [0.5, 0.6) is 0 Å². The van der Waals surface area contributed by atoms with Crippen molar-refractivity contribution in [2.45, 2.75) is 41.0 Å². The van der Waals surface area contributed by atoms with E-state index in [1.807, 2.05) is 25.5 Å². The van der Waals surface area contributed by atoms with E-state index in [-0.39, 0.29) is 0 Å². The first-order valence-electron chi connectivity index (χ1n) is 6.02. The predicted molar refractivity (Wildman–Crippen MR) is 72.5 cm³/mol. The fourth-order valence-corrected chi connectivity index (χ4v) is 2.34. The van der Waals surface area contributed by atoms with Gasteiger partial charge in [-0.25, -0.2) is 4.68 Å². The molecular weight excluding hydrogens is 248 g/mol. The molecule has 18 heavy (non-hydrogen) atoms. The molecule has 0 bridgehead atoms. The van der Waals surface area contributed by atoms with Crippen molar-refractivity contribution in [1.82, 2.24) is 20.0 Å². The van der Waals surface area contributed by atoms with Gasteiger partial charge in [0.15, 0.2) is 11.0 Å². The van der Waals surface area contributed by atoms with Gasteiger partial charge in [-0.15, -0.1) is 10.2 Å². The first-order chi connectivity index (χ1) is 8.47. The summed E-state index contributed by atoms with van der Waals surface area (Å²) in [7, 11) is 0. The zero-order chi connectivity index (χ0) is 13.4. The molecule has 4 nitrogen and oxygen atoms in total. The lowest BCUT2D eigenvalue weighted by Gasteiger charge is -2.09. The normalized spacial score (nSPS) is 11.0. The highest BCUT2D eigenvalue weighted by Crippen LogP contribution is 2.23. The minimum atomic E-state index is 0.452. The van der Waals surface area contributed by atoms with Crippen LogP contribution in [0.1, 0.15) is 35.0 Å². The summed E-state index contributed by atoms with van der Waals surface area (Å²) in [6, 6.07) is 0. The lowest BCUT2D eigenvalue weighted by atomic mass is 10.1. The summed E-state index contributed by atoms with van der Waals surface area (Å²) in [4.78, 5) is 0. The monoisotopic (exact) mass is 264 g/mol. The van der Waals surface area contributed by atoms with Crippen molar-refractivity contribution < 1.29 is 0 Å². The van der Waals surface area contributed by atoms with Crippen LogP contribution in [0.4, 0.5) is 0 Å². The number of aryl methyl sites for hydroxylation is 1. The summed E-state index contributed by atoms with van der Waals surface area (Å²) >= 11 is 5.97.